The van der Waals surface area contributed by atoms with Gasteiger partial charge in [0.25, 0.3) is 0 Å². The Morgan fingerprint density at radius 2 is 2.15 bits per heavy atom. The Bertz CT molecular complexity index is 829. The van der Waals surface area contributed by atoms with Crippen molar-refractivity contribution in [1.29, 1.82) is 0 Å². The second kappa shape index (κ2) is 7.13. The number of hydrogen-bond acceptors (Lipinski definition) is 5. The van der Waals surface area contributed by atoms with Crippen LogP contribution in [0.3, 0.4) is 0 Å². The molecule has 5 rings (SSSR count). The number of aryl methyl sites for hydroxylation is 2. The Hall–Kier alpha value is -2.70. The third-order valence-corrected chi connectivity index (χ3v) is 5.73. The smallest absolute Gasteiger partial charge is 0.228 e. The molecule has 3 aliphatic heterocycles. The first kappa shape index (κ1) is 17.7. The van der Waals surface area contributed by atoms with Crippen LogP contribution in [0.25, 0.3) is 0 Å². The maximum Gasteiger partial charge on any atom is 0.228 e. The molecule has 5 heterocycles. The normalized spacial score (nSPS) is 22.2. The van der Waals surface area contributed by atoms with Gasteiger partial charge in [0.2, 0.25) is 11.8 Å². The van der Waals surface area contributed by atoms with Gasteiger partial charge in [-0.15, -0.1) is 0 Å². The summed E-state index contributed by atoms with van der Waals surface area (Å²) in [5, 5.41) is 4.00. The Labute approximate surface area is 158 Å². The van der Waals surface area contributed by atoms with Crippen LogP contribution in [0.4, 0.5) is 0 Å². The fourth-order valence-electron chi connectivity index (χ4n) is 4.14. The Balaban J connectivity index is 1.51. The fourth-order valence-corrected chi connectivity index (χ4v) is 4.14. The van der Waals surface area contributed by atoms with Crippen molar-refractivity contribution < 1.29 is 14.1 Å². The Morgan fingerprint density at radius 1 is 1.30 bits per heavy atom. The van der Waals surface area contributed by atoms with E-state index in [2.05, 4.69) is 10.1 Å². The summed E-state index contributed by atoms with van der Waals surface area (Å²) in [6.45, 7) is 5.37. The Morgan fingerprint density at radius 3 is 2.85 bits per heavy atom. The zero-order valence-electron chi connectivity index (χ0n) is 15.7. The van der Waals surface area contributed by atoms with E-state index in [1.165, 1.54) is 0 Å². The topological polar surface area (TPSA) is 79.5 Å². The van der Waals surface area contributed by atoms with Crippen molar-refractivity contribution in [3.05, 3.63) is 47.1 Å². The number of piperidine rings is 1. The summed E-state index contributed by atoms with van der Waals surface area (Å²) in [7, 11) is 0. The average molecular weight is 368 g/mol. The van der Waals surface area contributed by atoms with E-state index in [-0.39, 0.29) is 23.8 Å². The molecule has 27 heavy (non-hydrogen) atoms. The van der Waals surface area contributed by atoms with Gasteiger partial charge in [-0.05, 0) is 38.3 Å². The second-order valence-corrected chi connectivity index (χ2v) is 7.53. The highest BCUT2D eigenvalue weighted by Crippen LogP contribution is 2.31. The zero-order chi connectivity index (χ0) is 19.0. The first-order chi connectivity index (χ1) is 13.0. The second-order valence-electron chi connectivity index (χ2n) is 7.53. The number of amides is 2. The molecule has 0 saturated carbocycles. The molecule has 0 spiro atoms. The zero-order valence-corrected chi connectivity index (χ0v) is 15.7. The largest absolute Gasteiger partial charge is 0.361 e. The van der Waals surface area contributed by atoms with E-state index in [0.717, 1.165) is 35.4 Å². The molecule has 3 saturated heterocycles. The van der Waals surface area contributed by atoms with Gasteiger partial charge in [-0.3, -0.25) is 14.6 Å². The molecule has 7 heteroatoms. The van der Waals surface area contributed by atoms with Gasteiger partial charge in [0.15, 0.2) is 0 Å². The van der Waals surface area contributed by atoms with Gasteiger partial charge in [-0.1, -0.05) is 11.2 Å². The molecule has 2 bridgehead atoms. The Kier molecular flexibility index (Phi) is 4.68. The molecule has 0 unspecified atom stereocenters. The molecule has 7 nitrogen and oxygen atoms in total. The number of carbonyl (C=O) groups is 2. The van der Waals surface area contributed by atoms with Crippen molar-refractivity contribution in [2.24, 2.45) is 5.92 Å². The maximum absolute atomic E-state index is 13.0. The van der Waals surface area contributed by atoms with Gasteiger partial charge >= 0.3 is 0 Å². The minimum atomic E-state index is -0.123. The first-order valence-electron chi connectivity index (χ1n) is 9.42. The van der Waals surface area contributed by atoms with E-state index in [0.29, 0.717) is 26.1 Å². The minimum absolute atomic E-state index is 0.0443. The average Bonchev–Trinajstić information content (AvgIpc) is 2.84. The molecule has 2 amide bonds. The number of nitrogens with zero attached hydrogens (tertiary/aromatic N) is 4. The highest BCUT2D eigenvalue weighted by Gasteiger charge is 2.42. The van der Waals surface area contributed by atoms with Crippen LogP contribution in [-0.2, 0) is 22.6 Å². The molecule has 2 aromatic rings. The quantitative estimate of drug-likeness (QED) is 0.823. The van der Waals surface area contributed by atoms with Crippen LogP contribution >= 0.6 is 0 Å². The first-order valence-corrected chi connectivity index (χ1v) is 9.42. The lowest BCUT2D eigenvalue weighted by Crippen LogP contribution is -2.47. The monoisotopic (exact) mass is 368 g/mol. The minimum Gasteiger partial charge on any atom is -0.361 e. The maximum atomic E-state index is 13.0. The molecule has 2 atom stereocenters. The highest BCUT2D eigenvalue weighted by molar-refractivity contribution is 5.84. The lowest BCUT2D eigenvalue weighted by molar-refractivity contribution is -0.140. The van der Waals surface area contributed by atoms with Crippen molar-refractivity contribution in [3.8, 4) is 0 Å². The number of rotatable bonds is 4. The van der Waals surface area contributed by atoms with E-state index < -0.39 is 0 Å². The predicted molar refractivity (Wildman–Crippen MR) is 97.6 cm³/mol. The van der Waals surface area contributed by atoms with Crippen molar-refractivity contribution in [2.45, 2.75) is 45.7 Å². The lowest BCUT2D eigenvalue weighted by Gasteiger charge is -2.35. The number of aromatic nitrogens is 2. The molecule has 142 valence electrons. The van der Waals surface area contributed by atoms with Crippen LogP contribution < -0.4 is 0 Å². The van der Waals surface area contributed by atoms with Crippen molar-refractivity contribution >= 4 is 11.8 Å². The van der Waals surface area contributed by atoms with Gasteiger partial charge in [0, 0.05) is 37.1 Å². The lowest BCUT2D eigenvalue weighted by atomic mass is 9.93. The molecule has 0 radical (unpaired) electrons. The molecule has 0 N–H and O–H groups in total. The van der Waals surface area contributed by atoms with Gasteiger partial charge < -0.3 is 14.3 Å². The SMILES string of the molecule is Cc1noc(C)c1CN1C(=O)[C@H]2CC[C@@H]1CN(C(=O)Cc1cccnc1)C2. The van der Waals surface area contributed by atoms with Crippen LogP contribution in [0.5, 0.6) is 0 Å². The van der Waals surface area contributed by atoms with E-state index in [1.807, 2.05) is 35.8 Å². The van der Waals surface area contributed by atoms with E-state index in [9.17, 15) is 9.59 Å². The summed E-state index contributed by atoms with van der Waals surface area (Å²) in [6.07, 6.45) is 5.52. The third kappa shape index (κ3) is 3.46. The third-order valence-electron chi connectivity index (χ3n) is 5.73. The molecule has 3 fully saturated rings. The molecule has 2 aromatic heterocycles. The van der Waals surface area contributed by atoms with E-state index >= 15 is 0 Å². The van der Waals surface area contributed by atoms with Crippen LogP contribution in [0.15, 0.2) is 29.0 Å². The van der Waals surface area contributed by atoms with Crippen molar-refractivity contribution in [2.75, 3.05) is 13.1 Å². The summed E-state index contributed by atoms with van der Waals surface area (Å²) in [6, 6.07) is 3.79. The highest BCUT2D eigenvalue weighted by atomic mass is 16.5. The van der Waals surface area contributed by atoms with Gasteiger partial charge in [0.1, 0.15) is 5.76 Å². The number of fused-ring (bicyclic) bond motifs is 4. The number of pyridine rings is 1. The van der Waals surface area contributed by atoms with Crippen LogP contribution in [0, 0.1) is 19.8 Å². The van der Waals surface area contributed by atoms with E-state index in [1.54, 1.807) is 12.4 Å². The van der Waals surface area contributed by atoms with Gasteiger partial charge in [-0.25, -0.2) is 0 Å². The molecule has 0 aliphatic carbocycles. The van der Waals surface area contributed by atoms with Crippen LogP contribution in [0.1, 0.15) is 35.4 Å². The number of hydrogen-bond donors (Lipinski definition) is 0. The summed E-state index contributed by atoms with van der Waals surface area (Å²) < 4.78 is 5.25. The van der Waals surface area contributed by atoms with Crippen LogP contribution in [-0.4, -0.2) is 50.9 Å². The molecular weight excluding hydrogens is 344 g/mol. The predicted octanol–water partition coefficient (Wildman–Crippen LogP) is 1.88. The summed E-state index contributed by atoms with van der Waals surface area (Å²) in [5.41, 5.74) is 2.70. The van der Waals surface area contributed by atoms with E-state index in [4.69, 9.17) is 4.52 Å². The summed E-state index contributed by atoms with van der Waals surface area (Å²) >= 11 is 0. The molecule has 3 aliphatic rings. The fraction of sp³-hybridized carbons (Fsp3) is 0.500. The molecule has 0 aromatic carbocycles. The standard InChI is InChI=1S/C20H24N4O3/c1-13-18(14(2)27-22-13)12-24-17-6-5-16(20(24)26)10-23(11-17)19(25)8-15-4-3-7-21-9-15/h3-4,7,9,16-17H,5-6,8,10-12H2,1-2H3/t16-,17+/m0/s1. The summed E-state index contributed by atoms with van der Waals surface area (Å²) in [4.78, 5) is 33.7. The summed E-state index contributed by atoms with van der Waals surface area (Å²) in [5.74, 6) is 0.835. The molecular formula is C20H24N4O3. The number of carbonyl (C=O) groups excluding carboxylic acids is 2. The van der Waals surface area contributed by atoms with Crippen molar-refractivity contribution in [3.63, 3.8) is 0 Å². The van der Waals surface area contributed by atoms with Crippen LogP contribution in [0.2, 0.25) is 0 Å². The van der Waals surface area contributed by atoms with Gasteiger partial charge in [-0.2, -0.15) is 0 Å². The van der Waals surface area contributed by atoms with Gasteiger partial charge in [0.05, 0.1) is 24.6 Å². The van der Waals surface area contributed by atoms with Crippen molar-refractivity contribution in [1.82, 2.24) is 19.9 Å².